The van der Waals surface area contributed by atoms with E-state index in [0.717, 1.165) is 5.56 Å². The number of rotatable bonds is 6. The van der Waals surface area contributed by atoms with Crippen LogP contribution in [0.15, 0.2) is 59.1 Å². The Balaban J connectivity index is 1.59. The van der Waals surface area contributed by atoms with Gasteiger partial charge in [-0.25, -0.2) is 4.98 Å². The molecule has 0 aliphatic heterocycles. The summed E-state index contributed by atoms with van der Waals surface area (Å²) in [7, 11) is 0. The number of hydrogen-bond donors (Lipinski definition) is 1. The van der Waals surface area contributed by atoms with Gasteiger partial charge in [0, 0.05) is 18.4 Å². The Labute approximate surface area is 158 Å². The predicted octanol–water partition coefficient (Wildman–Crippen LogP) is 4.91. The summed E-state index contributed by atoms with van der Waals surface area (Å²) in [5.74, 6) is 1.50. The highest BCUT2D eigenvalue weighted by atomic mass is 16.4. The second-order valence-electron chi connectivity index (χ2n) is 6.60. The number of anilines is 1. The van der Waals surface area contributed by atoms with E-state index in [0.29, 0.717) is 35.2 Å². The van der Waals surface area contributed by atoms with E-state index in [1.54, 1.807) is 30.5 Å². The van der Waals surface area contributed by atoms with Crippen molar-refractivity contribution in [3.05, 3.63) is 71.7 Å². The molecule has 0 saturated heterocycles. The predicted molar refractivity (Wildman–Crippen MR) is 104 cm³/mol. The van der Waals surface area contributed by atoms with Crippen molar-refractivity contribution < 1.29 is 9.21 Å². The number of amides is 1. The van der Waals surface area contributed by atoms with Gasteiger partial charge in [-0.1, -0.05) is 50.2 Å². The van der Waals surface area contributed by atoms with Gasteiger partial charge in [0.2, 0.25) is 5.91 Å². The Hall–Kier alpha value is -3.39. The summed E-state index contributed by atoms with van der Waals surface area (Å²) in [6.07, 6.45) is 2.30. The molecule has 1 aromatic heterocycles. The minimum absolute atomic E-state index is 0.182. The normalized spacial score (nSPS) is 10.6. The number of para-hydroxylation sites is 1. The molecule has 136 valence electrons. The van der Waals surface area contributed by atoms with E-state index >= 15 is 0 Å². The van der Waals surface area contributed by atoms with Gasteiger partial charge in [-0.2, -0.15) is 5.26 Å². The SMILES string of the molecule is CC(C)c1ccc(-c2cnc(CCC(=O)Nc3ccccc3C#N)o2)cc1. The van der Waals surface area contributed by atoms with Crippen LogP contribution in [0.5, 0.6) is 0 Å². The highest BCUT2D eigenvalue weighted by molar-refractivity contribution is 5.92. The van der Waals surface area contributed by atoms with E-state index in [-0.39, 0.29) is 12.3 Å². The molecule has 2 aromatic carbocycles. The summed E-state index contributed by atoms with van der Waals surface area (Å²) in [6.45, 7) is 4.31. The van der Waals surface area contributed by atoms with Crippen LogP contribution in [-0.4, -0.2) is 10.9 Å². The van der Waals surface area contributed by atoms with E-state index in [2.05, 4.69) is 42.4 Å². The molecule has 27 heavy (non-hydrogen) atoms. The lowest BCUT2D eigenvalue weighted by Crippen LogP contribution is -2.13. The number of carbonyl (C=O) groups excluding carboxylic acids is 1. The van der Waals surface area contributed by atoms with Gasteiger partial charge in [0.05, 0.1) is 17.4 Å². The number of carbonyl (C=O) groups is 1. The standard InChI is InChI=1S/C22H21N3O2/c1-15(2)16-7-9-17(10-8-16)20-14-24-22(27-20)12-11-21(26)25-19-6-4-3-5-18(19)13-23/h3-10,14-15H,11-12H2,1-2H3,(H,25,26). The van der Waals surface area contributed by atoms with E-state index < -0.39 is 0 Å². The van der Waals surface area contributed by atoms with Gasteiger partial charge in [-0.15, -0.1) is 0 Å². The highest BCUT2D eigenvalue weighted by Crippen LogP contribution is 2.24. The number of nitriles is 1. The molecule has 1 N–H and O–H groups in total. The molecule has 0 atom stereocenters. The second-order valence-corrected chi connectivity index (χ2v) is 6.60. The van der Waals surface area contributed by atoms with Crippen molar-refractivity contribution in [3.63, 3.8) is 0 Å². The van der Waals surface area contributed by atoms with Crippen molar-refractivity contribution in [3.8, 4) is 17.4 Å². The maximum atomic E-state index is 12.1. The Morgan fingerprint density at radius 2 is 1.93 bits per heavy atom. The first-order chi connectivity index (χ1) is 13.1. The fourth-order valence-electron chi connectivity index (χ4n) is 2.71. The van der Waals surface area contributed by atoms with Crippen LogP contribution in [0.25, 0.3) is 11.3 Å². The molecule has 0 saturated carbocycles. The van der Waals surface area contributed by atoms with Crippen LogP contribution < -0.4 is 5.32 Å². The Morgan fingerprint density at radius 3 is 2.63 bits per heavy atom. The number of hydrogen-bond acceptors (Lipinski definition) is 4. The Kier molecular flexibility index (Phi) is 5.68. The van der Waals surface area contributed by atoms with Gasteiger partial charge < -0.3 is 9.73 Å². The number of nitrogens with one attached hydrogen (secondary N) is 1. The first-order valence-corrected chi connectivity index (χ1v) is 8.91. The lowest BCUT2D eigenvalue weighted by molar-refractivity contribution is -0.116. The Bertz CT molecular complexity index is 966. The summed E-state index contributed by atoms with van der Waals surface area (Å²) in [4.78, 5) is 16.4. The van der Waals surface area contributed by atoms with E-state index in [1.165, 1.54) is 5.56 Å². The molecule has 0 aliphatic carbocycles. The number of oxazole rings is 1. The topological polar surface area (TPSA) is 78.9 Å². The quantitative estimate of drug-likeness (QED) is 0.678. The molecule has 5 nitrogen and oxygen atoms in total. The average Bonchev–Trinajstić information content (AvgIpc) is 3.16. The minimum Gasteiger partial charge on any atom is -0.441 e. The zero-order valence-corrected chi connectivity index (χ0v) is 15.4. The van der Waals surface area contributed by atoms with Crippen molar-refractivity contribution >= 4 is 11.6 Å². The number of aryl methyl sites for hydroxylation is 1. The molecular weight excluding hydrogens is 338 g/mol. The molecule has 0 bridgehead atoms. The lowest BCUT2D eigenvalue weighted by Gasteiger charge is -2.06. The molecule has 0 fully saturated rings. The molecule has 0 spiro atoms. The summed E-state index contributed by atoms with van der Waals surface area (Å²) >= 11 is 0. The maximum Gasteiger partial charge on any atom is 0.224 e. The molecule has 5 heteroatoms. The summed E-state index contributed by atoms with van der Waals surface area (Å²) in [6, 6.07) is 17.2. The van der Waals surface area contributed by atoms with Gasteiger partial charge in [0.25, 0.3) is 0 Å². The zero-order chi connectivity index (χ0) is 19.2. The van der Waals surface area contributed by atoms with Crippen molar-refractivity contribution in [2.24, 2.45) is 0 Å². The van der Waals surface area contributed by atoms with Crippen LogP contribution in [-0.2, 0) is 11.2 Å². The fourth-order valence-corrected chi connectivity index (χ4v) is 2.71. The van der Waals surface area contributed by atoms with Crippen LogP contribution in [0, 0.1) is 11.3 Å². The molecule has 1 heterocycles. The van der Waals surface area contributed by atoms with Crippen LogP contribution in [0.3, 0.4) is 0 Å². The molecule has 3 aromatic rings. The Morgan fingerprint density at radius 1 is 1.19 bits per heavy atom. The maximum absolute atomic E-state index is 12.1. The number of aromatic nitrogens is 1. The third-order valence-electron chi connectivity index (χ3n) is 4.30. The second kappa shape index (κ2) is 8.33. The monoisotopic (exact) mass is 359 g/mol. The third kappa shape index (κ3) is 4.62. The van der Waals surface area contributed by atoms with Gasteiger partial charge in [0.15, 0.2) is 11.7 Å². The van der Waals surface area contributed by atoms with E-state index in [1.807, 2.05) is 12.1 Å². The van der Waals surface area contributed by atoms with Gasteiger partial charge in [0.1, 0.15) is 6.07 Å². The van der Waals surface area contributed by atoms with Gasteiger partial charge >= 0.3 is 0 Å². The van der Waals surface area contributed by atoms with E-state index in [9.17, 15) is 4.79 Å². The van der Waals surface area contributed by atoms with Crippen LogP contribution in [0.1, 0.15) is 43.2 Å². The summed E-state index contributed by atoms with van der Waals surface area (Å²) in [5.41, 5.74) is 3.19. The van der Waals surface area contributed by atoms with Crippen molar-refractivity contribution in [2.75, 3.05) is 5.32 Å². The van der Waals surface area contributed by atoms with Crippen molar-refractivity contribution in [1.82, 2.24) is 4.98 Å². The molecule has 0 radical (unpaired) electrons. The van der Waals surface area contributed by atoms with Gasteiger partial charge in [-0.3, -0.25) is 4.79 Å². The van der Waals surface area contributed by atoms with Crippen molar-refractivity contribution in [2.45, 2.75) is 32.6 Å². The molecule has 3 rings (SSSR count). The third-order valence-corrected chi connectivity index (χ3v) is 4.30. The van der Waals surface area contributed by atoms with Crippen molar-refractivity contribution in [1.29, 1.82) is 5.26 Å². The lowest BCUT2D eigenvalue weighted by atomic mass is 10.0. The first kappa shape index (κ1) is 18.4. The fraction of sp³-hybridized carbons (Fsp3) is 0.227. The van der Waals surface area contributed by atoms with Gasteiger partial charge in [-0.05, 0) is 23.6 Å². The summed E-state index contributed by atoms with van der Waals surface area (Å²) < 4.78 is 5.77. The van der Waals surface area contributed by atoms with Crippen LogP contribution in [0.4, 0.5) is 5.69 Å². The van der Waals surface area contributed by atoms with Crippen LogP contribution >= 0.6 is 0 Å². The average molecular weight is 359 g/mol. The first-order valence-electron chi connectivity index (χ1n) is 8.91. The molecule has 0 unspecified atom stereocenters. The molecule has 1 amide bonds. The molecular formula is C22H21N3O2. The van der Waals surface area contributed by atoms with E-state index in [4.69, 9.17) is 9.68 Å². The van der Waals surface area contributed by atoms with Crippen LogP contribution in [0.2, 0.25) is 0 Å². The zero-order valence-electron chi connectivity index (χ0n) is 15.4. The number of benzene rings is 2. The minimum atomic E-state index is -0.182. The number of nitrogens with zero attached hydrogens (tertiary/aromatic N) is 2. The summed E-state index contributed by atoms with van der Waals surface area (Å²) in [5, 5.41) is 11.8. The highest BCUT2D eigenvalue weighted by Gasteiger charge is 2.11. The smallest absolute Gasteiger partial charge is 0.224 e. The molecule has 0 aliphatic rings. The largest absolute Gasteiger partial charge is 0.441 e.